The van der Waals surface area contributed by atoms with Crippen LogP contribution < -0.4 is 15.2 Å². The van der Waals surface area contributed by atoms with Gasteiger partial charge >= 0.3 is 0 Å². The van der Waals surface area contributed by atoms with Crippen LogP contribution in [0, 0.1) is 0 Å². The Morgan fingerprint density at radius 3 is 2.43 bits per heavy atom. The third-order valence-electron chi connectivity index (χ3n) is 1.91. The first-order valence-electron chi connectivity index (χ1n) is 4.22. The maximum Gasteiger partial charge on any atom is 0.125 e. The highest BCUT2D eigenvalue weighted by atomic mass is 35.5. The van der Waals surface area contributed by atoms with Gasteiger partial charge in [0.1, 0.15) is 11.5 Å². The minimum absolute atomic E-state index is 0. The smallest absolute Gasteiger partial charge is 0.125 e. The van der Waals surface area contributed by atoms with E-state index in [-0.39, 0.29) is 12.4 Å². The van der Waals surface area contributed by atoms with Gasteiger partial charge in [0.15, 0.2) is 0 Å². The predicted molar refractivity (Wildman–Crippen MR) is 59.6 cm³/mol. The van der Waals surface area contributed by atoms with Crippen LogP contribution in [0.25, 0.3) is 0 Å². The van der Waals surface area contributed by atoms with Crippen LogP contribution in [-0.4, -0.2) is 20.8 Å². The molecule has 4 heteroatoms. The number of nitrogens with two attached hydrogens (primary N) is 1. The van der Waals surface area contributed by atoms with Gasteiger partial charge in [-0.1, -0.05) is 6.07 Å². The molecule has 0 atom stereocenters. The molecule has 1 aromatic carbocycles. The molecule has 0 saturated carbocycles. The molecule has 0 aliphatic carbocycles. The summed E-state index contributed by atoms with van der Waals surface area (Å²) in [5.74, 6) is 1.64. The van der Waals surface area contributed by atoms with Crippen molar-refractivity contribution in [2.24, 2.45) is 5.73 Å². The van der Waals surface area contributed by atoms with E-state index in [0.717, 1.165) is 23.5 Å². The standard InChI is InChI=1S/C10H15NO2.ClH/c1-12-9-4-3-8(5-6-11)10(7-9)13-2;/h3-4,7H,5-6,11H2,1-2H3;1H. The number of hydrogen-bond donors (Lipinski definition) is 1. The van der Waals surface area contributed by atoms with Crippen molar-refractivity contribution < 1.29 is 9.47 Å². The third-order valence-corrected chi connectivity index (χ3v) is 1.91. The van der Waals surface area contributed by atoms with Crippen molar-refractivity contribution in [3.05, 3.63) is 23.8 Å². The van der Waals surface area contributed by atoms with E-state index in [4.69, 9.17) is 15.2 Å². The molecule has 0 unspecified atom stereocenters. The maximum absolute atomic E-state index is 5.47. The van der Waals surface area contributed by atoms with Crippen molar-refractivity contribution in [2.45, 2.75) is 6.42 Å². The quantitative estimate of drug-likeness (QED) is 0.834. The average molecular weight is 218 g/mol. The Balaban J connectivity index is 0.00000169. The van der Waals surface area contributed by atoms with E-state index in [1.54, 1.807) is 14.2 Å². The molecule has 0 spiro atoms. The van der Waals surface area contributed by atoms with Crippen molar-refractivity contribution in [3.63, 3.8) is 0 Å². The molecule has 1 rings (SSSR count). The third kappa shape index (κ3) is 3.09. The van der Waals surface area contributed by atoms with E-state index in [9.17, 15) is 0 Å². The highest BCUT2D eigenvalue weighted by molar-refractivity contribution is 5.85. The normalized spacial score (nSPS) is 9.07. The molecule has 80 valence electrons. The molecule has 0 aliphatic rings. The zero-order valence-corrected chi connectivity index (χ0v) is 9.26. The van der Waals surface area contributed by atoms with Crippen LogP contribution in [0.2, 0.25) is 0 Å². The van der Waals surface area contributed by atoms with Gasteiger partial charge in [-0.25, -0.2) is 0 Å². The molecule has 0 heterocycles. The number of rotatable bonds is 4. The highest BCUT2D eigenvalue weighted by Crippen LogP contribution is 2.24. The molecule has 0 fully saturated rings. The summed E-state index contributed by atoms with van der Waals surface area (Å²) in [4.78, 5) is 0. The van der Waals surface area contributed by atoms with Gasteiger partial charge in [0.2, 0.25) is 0 Å². The Labute approximate surface area is 90.6 Å². The summed E-state index contributed by atoms with van der Waals surface area (Å²) in [6, 6.07) is 5.75. The molecule has 0 aromatic heterocycles. The van der Waals surface area contributed by atoms with Crippen molar-refractivity contribution in [3.8, 4) is 11.5 Å². The molecule has 0 saturated heterocycles. The topological polar surface area (TPSA) is 44.5 Å². The minimum atomic E-state index is 0. The largest absolute Gasteiger partial charge is 0.497 e. The monoisotopic (exact) mass is 217 g/mol. The Bertz CT molecular complexity index is 279. The second-order valence-corrected chi connectivity index (χ2v) is 2.72. The Morgan fingerprint density at radius 1 is 1.21 bits per heavy atom. The summed E-state index contributed by atoms with van der Waals surface area (Å²) in [5, 5.41) is 0. The first kappa shape index (κ1) is 13.1. The zero-order valence-electron chi connectivity index (χ0n) is 8.45. The van der Waals surface area contributed by atoms with Crippen molar-refractivity contribution in [2.75, 3.05) is 20.8 Å². The molecular weight excluding hydrogens is 202 g/mol. The van der Waals surface area contributed by atoms with E-state index >= 15 is 0 Å². The molecule has 1 aromatic rings. The molecule has 14 heavy (non-hydrogen) atoms. The summed E-state index contributed by atoms with van der Waals surface area (Å²) in [6.45, 7) is 0.628. The molecule has 2 N–H and O–H groups in total. The van der Waals surface area contributed by atoms with E-state index in [0.29, 0.717) is 6.54 Å². The van der Waals surface area contributed by atoms with Crippen LogP contribution in [0.1, 0.15) is 5.56 Å². The van der Waals surface area contributed by atoms with Gasteiger partial charge in [-0.15, -0.1) is 12.4 Å². The second-order valence-electron chi connectivity index (χ2n) is 2.72. The fourth-order valence-electron chi connectivity index (χ4n) is 1.21. The number of methoxy groups -OCH3 is 2. The minimum Gasteiger partial charge on any atom is -0.497 e. The van der Waals surface area contributed by atoms with Gasteiger partial charge in [0, 0.05) is 6.07 Å². The Hall–Kier alpha value is -0.930. The molecule has 0 radical (unpaired) electrons. The molecule has 0 aliphatic heterocycles. The fourth-order valence-corrected chi connectivity index (χ4v) is 1.21. The maximum atomic E-state index is 5.47. The SMILES string of the molecule is COc1ccc(CCN)c(OC)c1.Cl. The second kappa shape index (κ2) is 6.51. The number of ether oxygens (including phenoxy) is 2. The van der Waals surface area contributed by atoms with Gasteiger partial charge < -0.3 is 15.2 Å². The van der Waals surface area contributed by atoms with Crippen LogP contribution in [0.3, 0.4) is 0 Å². The van der Waals surface area contributed by atoms with Gasteiger partial charge in [0.05, 0.1) is 14.2 Å². The summed E-state index contributed by atoms with van der Waals surface area (Å²) in [5.41, 5.74) is 6.58. The van der Waals surface area contributed by atoms with Crippen LogP contribution >= 0.6 is 12.4 Å². The van der Waals surface area contributed by atoms with Crippen molar-refractivity contribution in [1.82, 2.24) is 0 Å². The Kier molecular flexibility index (Phi) is 6.08. The van der Waals surface area contributed by atoms with Crippen LogP contribution in [0.4, 0.5) is 0 Å². The van der Waals surface area contributed by atoms with Gasteiger partial charge in [-0.05, 0) is 24.6 Å². The average Bonchev–Trinajstić information content (AvgIpc) is 2.19. The van der Waals surface area contributed by atoms with Crippen LogP contribution in [0.15, 0.2) is 18.2 Å². The van der Waals surface area contributed by atoms with Crippen LogP contribution in [-0.2, 0) is 6.42 Å². The lowest BCUT2D eigenvalue weighted by molar-refractivity contribution is 0.391. The lowest BCUT2D eigenvalue weighted by Gasteiger charge is -2.08. The first-order chi connectivity index (χ1) is 6.31. The van der Waals surface area contributed by atoms with E-state index in [1.165, 1.54) is 0 Å². The zero-order chi connectivity index (χ0) is 9.68. The Morgan fingerprint density at radius 2 is 1.93 bits per heavy atom. The molecule has 3 nitrogen and oxygen atoms in total. The number of benzene rings is 1. The van der Waals surface area contributed by atoms with Crippen molar-refractivity contribution in [1.29, 1.82) is 0 Å². The van der Waals surface area contributed by atoms with Crippen LogP contribution in [0.5, 0.6) is 11.5 Å². The summed E-state index contributed by atoms with van der Waals surface area (Å²) in [7, 11) is 3.28. The summed E-state index contributed by atoms with van der Waals surface area (Å²) >= 11 is 0. The number of hydrogen-bond acceptors (Lipinski definition) is 3. The van der Waals surface area contributed by atoms with E-state index in [1.807, 2.05) is 18.2 Å². The predicted octanol–water partition coefficient (Wildman–Crippen LogP) is 1.63. The van der Waals surface area contributed by atoms with Gasteiger partial charge in [0.25, 0.3) is 0 Å². The lowest BCUT2D eigenvalue weighted by Crippen LogP contribution is -2.04. The van der Waals surface area contributed by atoms with Gasteiger partial charge in [-0.2, -0.15) is 0 Å². The summed E-state index contributed by atoms with van der Waals surface area (Å²) in [6.07, 6.45) is 0.827. The van der Waals surface area contributed by atoms with E-state index in [2.05, 4.69) is 0 Å². The molecule has 0 bridgehead atoms. The molecular formula is C10H16ClNO2. The number of halogens is 1. The molecule has 0 amide bonds. The first-order valence-corrected chi connectivity index (χ1v) is 4.22. The van der Waals surface area contributed by atoms with Crippen molar-refractivity contribution >= 4 is 12.4 Å². The highest BCUT2D eigenvalue weighted by Gasteiger charge is 2.03. The summed E-state index contributed by atoms with van der Waals surface area (Å²) < 4.78 is 10.3. The lowest BCUT2D eigenvalue weighted by atomic mass is 10.1. The van der Waals surface area contributed by atoms with E-state index < -0.39 is 0 Å². The van der Waals surface area contributed by atoms with Gasteiger partial charge in [-0.3, -0.25) is 0 Å². The fraction of sp³-hybridized carbons (Fsp3) is 0.400.